The van der Waals surface area contributed by atoms with E-state index >= 15 is 0 Å². The molecule has 2 saturated carbocycles. The molecule has 0 atom stereocenters. The molecule has 12 heavy (non-hydrogen) atoms. The quantitative estimate of drug-likeness (QED) is 0.608. The molecule has 0 aromatic carbocycles. The second-order valence-corrected chi connectivity index (χ2v) is 4.50. The van der Waals surface area contributed by atoms with Gasteiger partial charge in [-0.1, -0.05) is 0 Å². The molecule has 0 heterocycles. The van der Waals surface area contributed by atoms with Crippen LogP contribution in [0, 0.1) is 0 Å². The van der Waals surface area contributed by atoms with Crippen LogP contribution in [0.1, 0.15) is 25.7 Å². The van der Waals surface area contributed by atoms with Gasteiger partial charge in [0.2, 0.25) is 0 Å². The van der Waals surface area contributed by atoms with E-state index in [2.05, 4.69) is 23.9 Å². The average molecular weight is 168 g/mol. The van der Waals surface area contributed by atoms with E-state index in [-0.39, 0.29) is 0 Å². The molecule has 2 rings (SSSR count). The van der Waals surface area contributed by atoms with Crippen molar-refractivity contribution < 1.29 is 0 Å². The van der Waals surface area contributed by atoms with E-state index in [9.17, 15) is 0 Å². The Morgan fingerprint density at radius 2 is 1.42 bits per heavy atom. The first-order chi connectivity index (χ1) is 5.77. The maximum atomic E-state index is 2.74. The molecule has 70 valence electrons. The van der Waals surface area contributed by atoms with E-state index in [1.54, 1.807) is 0 Å². The van der Waals surface area contributed by atoms with E-state index < -0.39 is 0 Å². The van der Waals surface area contributed by atoms with Crippen LogP contribution in [0.5, 0.6) is 0 Å². The Kier molecular flexibility index (Phi) is 2.37. The highest BCUT2D eigenvalue weighted by Crippen LogP contribution is 2.36. The predicted molar refractivity (Wildman–Crippen MR) is 51.3 cm³/mol. The second kappa shape index (κ2) is 3.35. The zero-order valence-corrected chi connectivity index (χ0v) is 8.29. The van der Waals surface area contributed by atoms with Crippen LogP contribution in [0.2, 0.25) is 0 Å². The van der Waals surface area contributed by atoms with Crippen molar-refractivity contribution in [3.05, 3.63) is 0 Å². The average Bonchev–Trinajstić information content (AvgIpc) is 2.83. The van der Waals surface area contributed by atoms with Crippen LogP contribution in [-0.2, 0) is 0 Å². The molecule has 0 unspecified atom stereocenters. The van der Waals surface area contributed by atoms with E-state index in [0.717, 1.165) is 12.1 Å². The third-order valence-corrected chi connectivity index (χ3v) is 2.84. The lowest BCUT2D eigenvalue weighted by molar-refractivity contribution is 0.223. The zero-order chi connectivity index (χ0) is 8.55. The minimum absolute atomic E-state index is 0.970. The molecule has 2 aliphatic rings. The van der Waals surface area contributed by atoms with Crippen molar-refractivity contribution in [3.63, 3.8) is 0 Å². The Bertz CT molecular complexity index is 136. The Balaban J connectivity index is 1.73. The summed E-state index contributed by atoms with van der Waals surface area (Å²) in [6, 6.07) is 1.94. The molecule has 2 fully saturated rings. The van der Waals surface area contributed by atoms with Crippen LogP contribution in [0.3, 0.4) is 0 Å². The molecule has 0 aliphatic heterocycles. The van der Waals surface area contributed by atoms with E-state index in [1.165, 1.54) is 38.8 Å². The Morgan fingerprint density at radius 3 is 1.75 bits per heavy atom. The summed E-state index contributed by atoms with van der Waals surface area (Å²) in [6.07, 6.45) is 5.85. The summed E-state index contributed by atoms with van der Waals surface area (Å²) in [5.41, 5.74) is 0. The lowest BCUT2D eigenvalue weighted by atomic mass is 10.4. The van der Waals surface area contributed by atoms with Crippen LogP contribution in [0.15, 0.2) is 0 Å². The van der Waals surface area contributed by atoms with Gasteiger partial charge in [-0.05, 0) is 39.8 Å². The monoisotopic (exact) mass is 168 g/mol. The number of nitrogens with zero attached hydrogens (tertiary/aromatic N) is 2. The Labute approximate surface area is 75.5 Å². The van der Waals surface area contributed by atoms with Crippen LogP contribution in [0.4, 0.5) is 0 Å². The van der Waals surface area contributed by atoms with Gasteiger partial charge in [0.15, 0.2) is 0 Å². The molecule has 0 N–H and O–H groups in total. The standard InChI is InChI=1S/C10H20N2/c1-11(2)7-8-12(9-3-4-9)10-5-6-10/h9-10H,3-8H2,1-2H3. The Hall–Kier alpha value is -0.0800. The highest BCUT2D eigenvalue weighted by Gasteiger charge is 2.38. The lowest BCUT2D eigenvalue weighted by Gasteiger charge is -2.23. The highest BCUT2D eigenvalue weighted by atomic mass is 15.2. The molecule has 0 radical (unpaired) electrons. The number of hydrogen-bond acceptors (Lipinski definition) is 2. The van der Waals surface area contributed by atoms with Crippen molar-refractivity contribution in [2.24, 2.45) is 0 Å². The SMILES string of the molecule is CN(C)CCN(C1CC1)C1CC1. The van der Waals surface area contributed by atoms with Crippen LogP contribution < -0.4 is 0 Å². The fourth-order valence-corrected chi connectivity index (χ4v) is 1.79. The fourth-order valence-electron chi connectivity index (χ4n) is 1.79. The molecule has 0 saturated heterocycles. The molecule has 0 aromatic heterocycles. The molecule has 0 spiro atoms. The van der Waals surface area contributed by atoms with Crippen LogP contribution in [-0.4, -0.2) is 49.1 Å². The summed E-state index contributed by atoms with van der Waals surface area (Å²) >= 11 is 0. The maximum absolute atomic E-state index is 2.74. The molecule has 2 heteroatoms. The van der Waals surface area contributed by atoms with Gasteiger partial charge in [0.25, 0.3) is 0 Å². The smallest absolute Gasteiger partial charge is 0.0115 e. The van der Waals surface area contributed by atoms with Gasteiger partial charge in [-0.3, -0.25) is 4.90 Å². The van der Waals surface area contributed by atoms with Crippen LogP contribution >= 0.6 is 0 Å². The Morgan fingerprint density at radius 1 is 0.917 bits per heavy atom. The molecule has 0 bridgehead atoms. The minimum Gasteiger partial charge on any atom is -0.308 e. The van der Waals surface area contributed by atoms with Gasteiger partial charge in [-0.15, -0.1) is 0 Å². The predicted octanol–water partition coefficient (Wildman–Crippen LogP) is 1.17. The summed E-state index contributed by atoms with van der Waals surface area (Å²) in [5, 5.41) is 0. The van der Waals surface area contributed by atoms with Gasteiger partial charge in [0.05, 0.1) is 0 Å². The van der Waals surface area contributed by atoms with E-state index in [0.29, 0.717) is 0 Å². The largest absolute Gasteiger partial charge is 0.308 e. The van der Waals surface area contributed by atoms with E-state index in [1.807, 2.05) is 0 Å². The van der Waals surface area contributed by atoms with Crippen molar-refractivity contribution in [1.29, 1.82) is 0 Å². The summed E-state index contributed by atoms with van der Waals surface area (Å²) in [6.45, 7) is 2.52. The zero-order valence-electron chi connectivity index (χ0n) is 8.29. The van der Waals surface area contributed by atoms with Gasteiger partial charge in [-0.25, -0.2) is 0 Å². The topological polar surface area (TPSA) is 6.48 Å². The first-order valence-electron chi connectivity index (χ1n) is 5.18. The first kappa shape index (κ1) is 8.52. The van der Waals surface area contributed by atoms with Crippen molar-refractivity contribution in [3.8, 4) is 0 Å². The normalized spacial score (nSPS) is 24.0. The third kappa shape index (κ3) is 2.20. The van der Waals surface area contributed by atoms with Crippen molar-refractivity contribution in [2.45, 2.75) is 37.8 Å². The molecular weight excluding hydrogens is 148 g/mol. The highest BCUT2D eigenvalue weighted by molar-refractivity contribution is 4.94. The van der Waals surface area contributed by atoms with Crippen LogP contribution in [0.25, 0.3) is 0 Å². The van der Waals surface area contributed by atoms with E-state index in [4.69, 9.17) is 0 Å². The van der Waals surface area contributed by atoms with Crippen molar-refractivity contribution in [1.82, 2.24) is 9.80 Å². The number of likely N-dealkylation sites (N-methyl/N-ethyl adjacent to an activating group) is 1. The third-order valence-electron chi connectivity index (χ3n) is 2.84. The lowest BCUT2D eigenvalue weighted by Crippen LogP contribution is -2.35. The molecule has 0 aromatic rings. The fraction of sp³-hybridized carbons (Fsp3) is 1.00. The van der Waals surface area contributed by atoms with Gasteiger partial charge < -0.3 is 4.90 Å². The summed E-state index contributed by atoms with van der Waals surface area (Å²) in [5.74, 6) is 0. The van der Waals surface area contributed by atoms with Gasteiger partial charge in [0, 0.05) is 25.2 Å². The first-order valence-corrected chi connectivity index (χ1v) is 5.18. The molecule has 2 aliphatic carbocycles. The molecule has 2 nitrogen and oxygen atoms in total. The van der Waals surface area contributed by atoms with Crippen molar-refractivity contribution in [2.75, 3.05) is 27.2 Å². The second-order valence-electron chi connectivity index (χ2n) is 4.50. The summed E-state index contributed by atoms with van der Waals surface area (Å²) in [4.78, 5) is 5.03. The summed E-state index contributed by atoms with van der Waals surface area (Å²) < 4.78 is 0. The summed E-state index contributed by atoms with van der Waals surface area (Å²) in [7, 11) is 4.33. The van der Waals surface area contributed by atoms with Gasteiger partial charge in [-0.2, -0.15) is 0 Å². The van der Waals surface area contributed by atoms with Crippen molar-refractivity contribution >= 4 is 0 Å². The molecular formula is C10H20N2. The minimum atomic E-state index is 0.970. The van der Waals surface area contributed by atoms with Gasteiger partial charge in [0.1, 0.15) is 0 Å². The molecule has 0 amide bonds. The maximum Gasteiger partial charge on any atom is 0.0115 e. The number of hydrogen-bond donors (Lipinski definition) is 0. The number of rotatable bonds is 5. The van der Waals surface area contributed by atoms with Gasteiger partial charge >= 0.3 is 0 Å².